The number of rotatable bonds is 4. The molecule has 2 N–H and O–H groups in total. The zero-order chi connectivity index (χ0) is 21.5. The first kappa shape index (κ1) is 20.9. The van der Waals surface area contributed by atoms with Gasteiger partial charge in [0.25, 0.3) is 5.91 Å². The highest BCUT2D eigenvalue weighted by molar-refractivity contribution is 7.18. The van der Waals surface area contributed by atoms with Crippen LogP contribution in [0, 0.1) is 12.8 Å². The maximum absolute atomic E-state index is 12.8. The molecule has 158 valence electrons. The van der Waals surface area contributed by atoms with Crippen molar-refractivity contribution in [3.63, 3.8) is 0 Å². The number of benzene rings is 1. The summed E-state index contributed by atoms with van der Waals surface area (Å²) in [6, 6.07) is 3.83. The van der Waals surface area contributed by atoms with Gasteiger partial charge in [-0.25, -0.2) is 9.97 Å². The van der Waals surface area contributed by atoms with Gasteiger partial charge in [0.2, 0.25) is 0 Å². The average molecular weight is 425 g/mol. The number of hydrogen-bond donors (Lipinski definition) is 2. The first-order valence-corrected chi connectivity index (χ1v) is 11.3. The number of carbonyl (C=O) groups excluding carboxylic acids is 1. The molecule has 0 bridgehead atoms. The van der Waals surface area contributed by atoms with Crippen molar-refractivity contribution in [1.29, 1.82) is 0 Å². The Morgan fingerprint density at radius 3 is 2.57 bits per heavy atom. The van der Waals surface area contributed by atoms with Gasteiger partial charge < -0.3 is 10.4 Å². The van der Waals surface area contributed by atoms with Gasteiger partial charge in [-0.05, 0) is 51.7 Å². The monoisotopic (exact) mass is 424 g/mol. The maximum atomic E-state index is 12.8. The van der Waals surface area contributed by atoms with Crippen LogP contribution in [0.15, 0.2) is 24.5 Å². The fraction of sp³-hybridized carbons (Fsp3) is 0.478. The van der Waals surface area contributed by atoms with E-state index in [1.54, 1.807) is 38.3 Å². The van der Waals surface area contributed by atoms with E-state index in [1.165, 1.54) is 31.9 Å². The quantitative estimate of drug-likeness (QED) is 0.603. The van der Waals surface area contributed by atoms with Crippen molar-refractivity contribution in [3.8, 4) is 0 Å². The third-order valence-electron chi connectivity index (χ3n) is 5.80. The summed E-state index contributed by atoms with van der Waals surface area (Å²) >= 11 is 1.69. The van der Waals surface area contributed by atoms with Crippen LogP contribution in [0.5, 0.6) is 0 Å². The van der Waals surface area contributed by atoms with Crippen LogP contribution in [0.1, 0.15) is 79.1 Å². The van der Waals surface area contributed by atoms with E-state index in [1.807, 2.05) is 12.1 Å². The van der Waals surface area contributed by atoms with Crippen LogP contribution >= 0.6 is 11.3 Å². The molecule has 1 saturated carbocycles. The molecule has 2 aromatic heterocycles. The van der Waals surface area contributed by atoms with Gasteiger partial charge in [0.05, 0.1) is 32.7 Å². The van der Waals surface area contributed by atoms with Crippen LogP contribution < -0.4 is 5.32 Å². The molecule has 30 heavy (non-hydrogen) atoms. The largest absolute Gasteiger partial charge is 0.386 e. The summed E-state index contributed by atoms with van der Waals surface area (Å²) < 4.78 is 1.02. The molecule has 0 unspecified atom stereocenters. The Balaban J connectivity index is 1.69. The van der Waals surface area contributed by atoms with E-state index in [-0.39, 0.29) is 11.6 Å². The van der Waals surface area contributed by atoms with Gasteiger partial charge in [-0.3, -0.25) is 9.78 Å². The number of nitrogens with one attached hydrogen (secondary N) is 1. The van der Waals surface area contributed by atoms with Crippen molar-refractivity contribution in [2.24, 2.45) is 5.92 Å². The van der Waals surface area contributed by atoms with E-state index < -0.39 is 5.60 Å². The van der Waals surface area contributed by atoms with Crippen molar-refractivity contribution in [2.45, 2.75) is 64.9 Å². The lowest BCUT2D eigenvalue weighted by Crippen LogP contribution is -2.21. The second-order valence-corrected chi connectivity index (χ2v) is 10.00. The number of fused-ring (bicyclic) bond motifs is 1. The van der Waals surface area contributed by atoms with Crippen molar-refractivity contribution in [2.75, 3.05) is 5.32 Å². The van der Waals surface area contributed by atoms with Crippen LogP contribution in [0.2, 0.25) is 0 Å². The Kier molecular flexibility index (Phi) is 5.59. The van der Waals surface area contributed by atoms with Crippen LogP contribution in [0.4, 0.5) is 5.69 Å². The van der Waals surface area contributed by atoms with Gasteiger partial charge >= 0.3 is 0 Å². The molecular weight excluding hydrogens is 396 g/mol. The fourth-order valence-electron chi connectivity index (χ4n) is 4.04. The number of amides is 1. The van der Waals surface area contributed by atoms with Crippen molar-refractivity contribution < 1.29 is 9.90 Å². The van der Waals surface area contributed by atoms with E-state index >= 15 is 0 Å². The molecule has 0 radical (unpaired) electrons. The summed E-state index contributed by atoms with van der Waals surface area (Å²) in [6.45, 7) is 7.54. The van der Waals surface area contributed by atoms with Gasteiger partial charge in [-0.15, -0.1) is 11.3 Å². The molecule has 4 rings (SSSR count). The number of aryl methyl sites for hydroxylation is 1. The Labute approximate surface area is 180 Å². The third-order valence-corrected chi connectivity index (χ3v) is 6.98. The minimum absolute atomic E-state index is 0.248. The van der Waals surface area contributed by atoms with Gasteiger partial charge in [-0.1, -0.05) is 19.8 Å². The minimum Gasteiger partial charge on any atom is -0.386 e. The highest BCUT2D eigenvalue weighted by Gasteiger charge is 2.26. The number of thiazole rings is 1. The van der Waals surface area contributed by atoms with Gasteiger partial charge in [0, 0.05) is 23.4 Å². The Bertz CT molecular complexity index is 1080. The van der Waals surface area contributed by atoms with E-state index in [0.717, 1.165) is 21.1 Å². The molecule has 3 aromatic rings. The average Bonchev–Trinajstić information content (AvgIpc) is 3.10. The number of aromatic nitrogens is 3. The highest BCUT2D eigenvalue weighted by Crippen LogP contribution is 2.41. The van der Waals surface area contributed by atoms with Crippen molar-refractivity contribution in [3.05, 3.63) is 46.5 Å². The first-order chi connectivity index (χ1) is 14.2. The predicted molar refractivity (Wildman–Crippen MR) is 120 cm³/mol. The van der Waals surface area contributed by atoms with E-state index in [0.29, 0.717) is 22.9 Å². The first-order valence-electron chi connectivity index (χ1n) is 10.5. The lowest BCUT2D eigenvalue weighted by molar-refractivity contribution is 0.0794. The van der Waals surface area contributed by atoms with Gasteiger partial charge in [0.15, 0.2) is 0 Å². The third kappa shape index (κ3) is 4.37. The van der Waals surface area contributed by atoms with E-state index in [4.69, 9.17) is 4.98 Å². The molecule has 0 atom stereocenters. The molecule has 0 saturated heterocycles. The summed E-state index contributed by atoms with van der Waals surface area (Å²) in [7, 11) is 0. The molecular formula is C23H28N4O2S. The minimum atomic E-state index is -1.13. The molecule has 1 fully saturated rings. The van der Waals surface area contributed by atoms with Crippen LogP contribution in [0.25, 0.3) is 10.2 Å². The van der Waals surface area contributed by atoms with Crippen LogP contribution in [-0.2, 0) is 5.60 Å². The summed E-state index contributed by atoms with van der Waals surface area (Å²) in [4.78, 5) is 26.0. The van der Waals surface area contributed by atoms with Crippen LogP contribution in [0.3, 0.4) is 0 Å². The van der Waals surface area contributed by atoms with Gasteiger partial charge in [0.1, 0.15) is 5.69 Å². The number of anilines is 1. The molecule has 0 aliphatic heterocycles. The predicted octanol–water partition coefficient (Wildman–Crippen LogP) is 5.17. The second kappa shape index (κ2) is 8.04. The maximum Gasteiger partial charge on any atom is 0.275 e. The molecule has 1 aliphatic carbocycles. The Hall–Kier alpha value is -2.38. The molecule has 1 aliphatic rings. The van der Waals surface area contributed by atoms with Crippen LogP contribution in [-0.4, -0.2) is 26.0 Å². The zero-order valence-electron chi connectivity index (χ0n) is 17.9. The number of aliphatic hydroxyl groups is 1. The zero-order valence-corrected chi connectivity index (χ0v) is 18.7. The molecule has 2 heterocycles. The Morgan fingerprint density at radius 1 is 1.17 bits per heavy atom. The summed E-state index contributed by atoms with van der Waals surface area (Å²) in [5.74, 6) is 0.954. The Morgan fingerprint density at radius 2 is 1.90 bits per heavy atom. The summed E-state index contributed by atoms with van der Waals surface area (Å²) in [6.07, 6.45) is 7.89. The standard InChI is InChI=1S/C23H28N4O2S/c1-13-5-7-15(8-6-13)22-27-18-9-16(23(3,4)29)17(10-20(18)30-22)26-21(28)19-12-24-11-14(2)25-19/h9-13,15,29H,5-8H2,1-4H3,(H,26,28)/t13-,15-. The SMILES string of the molecule is Cc1cncc(C(=O)Nc2cc3sc([C@H]4CC[C@H](C)CC4)nc3cc2C(C)(C)O)n1. The van der Waals surface area contributed by atoms with E-state index in [2.05, 4.69) is 22.2 Å². The lowest BCUT2D eigenvalue weighted by atomic mass is 9.83. The number of carbonyl (C=O) groups is 1. The molecule has 0 spiro atoms. The molecule has 1 amide bonds. The smallest absolute Gasteiger partial charge is 0.275 e. The van der Waals surface area contributed by atoms with E-state index in [9.17, 15) is 9.90 Å². The summed E-state index contributed by atoms with van der Waals surface area (Å²) in [5.41, 5.74) is 1.89. The number of hydrogen-bond acceptors (Lipinski definition) is 6. The molecule has 7 heteroatoms. The summed E-state index contributed by atoms with van der Waals surface area (Å²) in [5, 5.41) is 14.8. The lowest BCUT2D eigenvalue weighted by Gasteiger charge is -2.24. The van der Waals surface area contributed by atoms with Crippen molar-refractivity contribution in [1.82, 2.24) is 15.0 Å². The van der Waals surface area contributed by atoms with Crippen molar-refractivity contribution >= 4 is 33.1 Å². The highest BCUT2D eigenvalue weighted by atomic mass is 32.1. The topological polar surface area (TPSA) is 88.0 Å². The molecule has 1 aromatic carbocycles. The molecule has 6 nitrogen and oxygen atoms in total. The normalized spacial score (nSPS) is 19.8. The second-order valence-electron chi connectivity index (χ2n) is 8.93. The van der Waals surface area contributed by atoms with Gasteiger partial charge in [-0.2, -0.15) is 0 Å². The number of nitrogens with zero attached hydrogens (tertiary/aromatic N) is 3. The fourth-order valence-corrected chi connectivity index (χ4v) is 5.20.